The molecular weight excluding hydrogens is 438 g/mol. The summed E-state index contributed by atoms with van der Waals surface area (Å²) in [4.78, 5) is 33.0. The molecule has 0 spiro atoms. The Morgan fingerprint density at radius 1 is 1.17 bits per heavy atom. The van der Waals surface area contributed by atoms with Crippen LogP contribution in [0.2, 0.25) is 0 Å². The molecule has 3 atom stereocenters. The van der Waals surface area contributed by atoms with Gasteiger partial charge in [0.1, 0.15) is 11.9 Å². The molecule has 1 aromatic heterocycles. The maximum atomic E-state index is 13.7. The van der Waals surface area contributed by atoms with Gasteiger partial charge in [0.15, 0.2) is 0 Å². The highest BCUT2D eigenvalue weighted by molar-refractivity contribution is 5.92. The van der Waals surface area contributed by atoms with Gasteiger partial charge < -0.3 is 21.3 Å². The van der Waals surface area contributed by atoms with Crippen LogP contribution in [0.3, 0.4) is 0 Å². The normalized spacial score (nSPS) is 22.0. The maximum absolute atomic E-state index is 13.7. The van der Waals surface area contributed by atoms with Crippen molar-refractivity contribution in [3.05, 3.63) is 36.0 Å². The number of amides is 2. The molecule has 2 aromatic rings. The van der Waals surface area contributed by atoms with Crippen LogP contribution in [0.25, 0.3) is 10.8 Å². The lowest BCUT2D eigenvalue weighted by molar-refractivity contribution is -0.140. The molecule has 7 heteroatoms. The van der Waals surface area contributed by atoms with Crippen LogP contribution < -0.4 is 16.4 Å². The van der Waals surface area contributed by atoms with E-state index in [2.05, 4.69) is 36.4 Å². The molecule has 0 bridgehead atoms. The summed E-state index contributed by atoms with van der Waals surface area (Å²) < 4.78 is 0. The molecule has 0 radical (unpaired) electrons. The van der Waals surface area contributed by atoms with Gasteiger partial charge in [0.25, 0.3) is 0 Å². The van der Waals surface area contributed by atoms with Gasteiger partial charge in [0, 0.05) is 30.7 Å². The molecule has 1 aliphatic heterocycles. The van der Waals surface area contributed by atoms with E-state index >= 15 is 0 Å². The predicted molar refractivity (Wildman–Crippen MR) is 141 cm³/mol. The molecule has 2 fully saturated rings. The van der Waals surface area contributed by atoms with Gasteiger partial charge in [0.2, 0.25) is 11.8 Å². The monoisotopic (exact) mass is 479 g/mol. The molecule has 4 N–H and O–H groups in total. The number of nitrogen functional groups attached to an aromatic ring is 1. The van der Waals surface area contributed by atoms with Crippen molar-refractivity contribution in [2.45, 2.75) is 90.4 Å². The topological polar surface area (TPSA) is 100 Å². The molecular formula is C28H41N5O2. The standard InChI is InChI=1S/C28H41N5O2/c1-18(2)13-24(32-22-7-5-4-6-8-22)28(35)33-17-19(3)14-25(33)27(34)31-16-20-9-10-23-21(15-20)11-12-30-26(23)29/h9-12,15,18-19,22,24-25,32H,4-8,13-14,16-17H2,1-3H3,(H2,29,30)(H,31,34)/t19-,24+,25-/m0/s1. The van der Waals surface area contributed by atoms with Gasteiger partial charge in [-0.05, 0) is 60.6 Å². The SMILES string of the molecule is CC(C)C[C@@H](NC1CCCCC1)C(=O)N1C[C@@H](C)C[C@H]1C(=O)NCc1ccc2c(N)nccc2c1. The van der Waals surface area contributed by atoms with E-state index in [0.717, 1.165) is 35.6 Å². The molecule has 1 saturated heterocycles. The molecule has 35 heavy (non-hydrogen) atoms. The van der Waals surface area contributed by atoms with E-state index in [1.807, 2.05) is 29.2 Å². The Bertz CT molecular complexity index is 1030. The number of benzene rings is 1. The average molecular weight is 480 g/mol. The summed E-state index contributed by atoms with van der Waals surface area (Å²) in [6.07, 6.45) is 9.20. The van der Waals surface area contributed by atoms with Gasteiger partial charge >= 0.3 is 0 Å². The quantitative estimate of drug-likeness (QED) is 0.531. The van der Waals surface area contributed by atoms with Gasteiger partial charge in [-0.2, -0.15) is 0 Å². The number of pyridine rings is 1. The number of hydrogen-bond donors (Lipinski definition) is 3. The highest BCUT2D eigenvalue weighted by Crippen LogP contribution is 2.27. The first-order chi connectivity index (χ1) is 16.8. The predicted octanol–water partition coefficient (Wildman–Crippen LogP) is 4.01. The van der Waals surface area contributed by atoms with Gasteiger partial charge in [-0.3, -0.25) is 9.59 Å². The number of aromatic nitrogens is 1. The van der Waals surface area contributed by atoms with E-state index in [-0.39, 0.29) is 17.9 Å². The van der Waals surface area contributed by atoms with Crippen molar-refractivity contribution < 1.29 is 9.59 Å². The van der Waals surface area contributed by atoms with Crippen LogP contribution in [-0.4, -0.2) is 46.4 Å². The smallest absolute Gasteiger partial charge is 0.243 e. The minimum atomic E-state index is -0.416. The third-order valence-corrected chi connectivity index (χ3v) is 7.47. The third kappa shape index (κ3) is 6.31. The minimum absolute atomic E-state index is 0.0713. The molecule has 1 saturated carbocycles. The number of carbonyl (C=O) groups is 2. The average Bonchev–Trinajstić information content (AvgIpc) is 3.24. The number of likely N-dealkylation sites (tertiary alicyclic amines) is 1. The van der Waals surface area contributed by atoms with E-state index in [4.69, 9.17) is 5.73 Å². The van der Waals surface area contributed by atoms with Crippen LogP contribution in [0.4, 0.5) is 5.82 Å². The van der Waals surface area contributed by atoms with E-state index in [0.29, 0.717) is 43.2 Å². The Kier molecular flexibility index (Phi) is 8.26. The summed E-state index contributed by atoms with van der Waals surface area (Å²) in [7, 11) is 0. The fourth-order valence-electron chi connectivity index (χ4n) is 5.67. The van der Waals surface area contributed by atoms with Crippen molar-refractivity contribution in [2.75, 3.05) is 12.3 Å². The largest absolute Gasteiger partial charge is 0.383 e. The first-order valence-electron chi connectivity index (χ1n) is 13.3. The minimum Gasteiger partial charge on any atom is -0.383 e. The fourth-order valence-corrected chi connectivity index (χ4v) is 5.67. The van der Waals surface area contributed by atoms with Crippen LogP contribution >= 0.6 is 0 Å². The number of fused-ring (bicyclic) bond motifs is 1. The Morgan fingerprint density at radius 2 is 1.94 bits per heavy atom. The van der Waals surface area contributed by atoms with Crippen LogP contribution in [0, 0.1) is 11.8 Å². The van der Waals surface area contributed by atoms with E-state index in [9.17, 15) is 9.59 Å². The summed E-state index contributed by atoms with van der Waals surface area (Å²) in [6, 6.07) is 7.62. The second kappa shape index (κ2) is 11.4. The van der Waals surface area contributed by atoms with E-state index in [1.54, 1.807) is 6.20 Å². The van der Waals surface area contributed by atoms with Crippen LogP contribution in [0.1, 0.15) is 71.3 Å². The van der Waals surface area contributed by atoms with Crippen molar-refractivity contribution in [1.82, 2.24) is 20.5 Å². The highest BCUT2D eigenvalue weighted by atomic mass is 16.2. The summed E-state index contributed by atoms with van der Waals surface area (Å²) in [6.45, 7) is 7.50. The third-order valence-electron chi connectivity index (χ3n) is 7.47. The summed E-state index contributed by atoms with van der Waals surface area (Å²) in [5.74, 6) is 1.23. The van der Waals surface area contributed by atoms with E-state index < -0.39 is 6.04 Å². The summed E-state index contributed by atoms with van der Waals surface area (Å²) in [5, 5.41) is 8.67. The number of rotatable bonds is 8. The van der Waals surface area contributed by atoms with Crippen molar-refractivity contribution in [1.29, 1.82) is 0 Å². The molecule has 7 nitrogen and oxygen atoms in total. The van der Waals surface area contributed by atoms with Gasteiger partial charge in [-0.15, -0.1) is 0 Å². The Balaban J connectivity index is 1.42. The maximum Gasteiger partial charge on any atom is 0.243 e. The highest BCUT2D eigenvalue weighted by Gasteiger charge is 2.40. The lowest BCUT2D eigenvalue weighted by Crippen LogP contribution is -2.54. The molecule has 0 unspecified atom stereocenters. The van der Waals surface area contributed by atoms with Crippen molar-refractivity contribution >= 4 is 28.4 Å². The van der Waals surface area contributed by atoms with Crippen molar-refractivity contribution in [3.8, 4) is 0 Å². The Labute approximate surface area is 209 Å². The molecule has 190 valence electrons. The number of carbonyl (C=O) groups excluding carboxylic acids is 2. The van der Waals surface area contributed by atoms with Gasteiger partial charge in [-0.25, -0.2) is 4.98 Å². The number of nitrogens with two attached hydrogens (primary N) is 1. The summed E-state index contributed by atoms with van der Waals surface area (Å²) in [5.41, 5.74) is 6.95. The second-order valence-corrected chi connectivity index (χ2v) is 11.0. The zero-order chi connectivity index (χ0) is 24.9. The molecule has 4 rings (SSSR count). The lowest BCUT2D eigenvalue weighted by atomic mass is 9.93. The van der Waals surface area contributed by atoms with Crippen molar-refractivity contribution in [3.63, 3.8) is 0 Å². The Hall–Kier alpha value is -2.67. The van der Waals surface area contributed by atoms with Crippen LogP contribution in [0.15, 0.2) is 30.5 Å². The molecule has 2 amide bonds. The van der Waals surface area contributed by atoms with Gasteiger partial charge in [0.05, 0.1) is 6.04 Å². The molecule has 2 heterocycles. The fraction of sp³-hybridized carbons (Fsp3) is 0.607. The van der Waals surface area contributed by atoms with E-state index in [1.165, 1.54) is 19.3 Å². The first-order valence-corrected chi connectivity index (χ1v) is 13.3. The molecule has 2 aliphatic rings. The zero-order valence-electron chi connectivity index (χ0n) is 21.4. The zero-order valence-corrected chi connectivity index (χ0v) is 21.4. The first kappa shape index (κ1) is 25.4. The Morgan fingerprint density at radius 3 is 2.69 bits per heavy atom. The van der Waals surface area contributed by atoms with Gasteiger partial charge in [-0.1, -0.05) is 52.2 Å². The molecule has 1 aromatic carbocycles. The van der Waals surface area contributed by atoms with Crippen LogP contribution in [0.5, 0.6) is 0 Å². The number of hydrogen-bond acceptors (Lipinski definition) is 5. The van der Waals surface area contributed by atoms with Crippen molar-refractivity contribution in [2.24, 2.45) is 11.8 Å². The van der Waals surface area contributed by atoms with Crippen LogP contribution in [-0.2, 0) is 16.1 Å². The number of nitrogens with one attached hydrogen (secondary N) is 2. The second-order valence-electron chi connectivity index (χ2n) is 11.0. The molecule has 1 aliphatic carbocycles. The summed E-state index contributed by atoms with van der Waals surface area (Å²) >= 11 is 0. The number of nitrogens with zero attached hydrogens (tertiary/aromatic N) is 2. The number of anilines is 1. The lowest BCUT2D eigenvalue weighted by Gasteiger charge is -2.33.